The van der Waals surface area contributed by atoms with Crippen LogP contribution in [0, 0.1) is 12.8 Å². The van der Waals surface area contributed by atoms with Gasteiger partial charge in [-0.05, 0) is 26.0 Å². The number of nitrogens with zero attached hydrogens (tertiary/aromatic N) is 4. The lowest BCUT2D eigenvalue weighted by Crippen LogP contribution is -2.57. The number of hydrogen-bond donors (Lipinski definition) is 0. The zero-order chi connectivity index (χ0) is 21.1. The van der Waals surface area contributed by atoms with E-state index in [4.69, 9.17) is 13.7 Å². The molecule has 2 saturated heterocycles. The molecule has 2 atom stereocenters. The van der Waals surface area contributed by atoms with Gasteiger partial charge in [0, 0.05) is 45.3 Å². The van der Waals surface area contributed by atoms with E-state index in [1.165, 1.54) is 6.26 Å². The number of amides is 1. The number of rotatable bonds is 5. The number of carbonyl (C=O) groups excluding carboxylic acids is 2. The first-order valence-electron chi connectivity index (χ1n) is 10.4. The Morgan fingerprint density at radius 1 is 1.23 bits per heavy atom. The summed E-state index contributed by atoms with van der Waals surface area (Å²) in [6, 6.07) is 3.93. The SMILES string of the molecule is CCOC(=O)[C@H]1CN(Cc2ccco2)C[C@H]2CN(C(=O)c3conc3C)CCN2C1. The normalized spacial score (nSPS) is 23.1. The van der Waals surface area contributed by atoms with Crippen LogP contribution in [0.2, 0.25) is 0 Å². The molecule has 0 bridgehead atoms. The number of furan rings is 1. The molecule has 0 aromatic carbocycles. The molecule has 1 amide bonds. The third kappa shape index (κ3) is 4.41. The van der Waals surface area contributed by atoms with E-state index >= 15 is 0 Å². The van der Waals surface area contributed by atoms with E-state index in [2.05, 4.69) is 15.0 Å². The lowest BCUT2D eigenvalue weighted by Gasteiger charge is -2.41. The van der Waals surface area contributed by atoms with Crippen LogP contribution in [0.3, 0.4) is 0 Å². The van der Waals surface area contributed by atoms with Gasteiger partial charge in [-0.1, -0.05) is 5.16 Å². The molecule has 2 aliphatic heterocycles. The second-order valence-electron chi connectivity index (χ2n) is 7.94. The van der Waals surface area contributed by atoms with E-state index in [1.807, 2.05) is 24.0 Å². The zero-order valence-electron chi connectivity index (χ0n) is 17.5. The van der Waals surface area contributed by atoms with Crippen LogP contribution in [-0.2, 0) is 16.1 Å². The van der Waals surface area contributed by atoms with Gasteiger partial charge in [-0.15, -0.1) is 0 Å². The summed E-state index contributed by atoms with van der Waals surface area (Å²) < 4.78 is 15.8. The number of carbonyl (C=O) groups is 2. The molecule has 0 spiro atoms. The van der Waals surface area contributed by atoms with E-state index in [-0.39, 0.29) is 23.8 Å². The van der Waals surface area contributed by atoms with Gasteiger partial charge in [0.05, 0.1) is 31.0 Å². The van der Waals surface area contributed by atoms with Crippen molar-refractivity contribution in [2.24, 2.45) is 5.92 Å². The Morgan fingerprint density at radius 2 is 2.10 bits per heavy atom. The Hall–Kier alpha value is -2.65. The summed E-state index contributed by atoms with van der Waals surface area (Å²) in [6.45, 7) is 8.47. The lowest BCUT2D eigenvalue weighted by molar-refractivity contribution is -0.149. The van der Waals surface area contributed by atoms with Crippen LogP contribution < -0.4 is 0 Å². The van der Waals surface area contributed by atoms with Gasteiger partial charge in [0.25, 0.3) is 5.91 Å². The molecule has 0 radical (unpaired) electrons. The van der Waals surface area contributed by atoms with Crippen molar-refractivity contribution in [3.05, 3.63) is 41.7 Å². The summed E-state index contributed by atoms with van der Waals surface area (Å²) in [5.41, 5.74) is 1.11. The Labute approximate surface area is 175 Å². The maximum atomic E-state index is 12.9. The molecular formula is C21H28N4O5. The Kier molecular flexibility index (Phi) is 6.19. The minimum Gasteiger partial charge on any atom is -0.468 e. The Bertz CT molecular complexity index is 865. The fraction of sp³-hybridized carbons (Fsp3) is 0.571. The highest BCUT2D eigenvalue weighted by Gasteiger charge is 2.38. The van der Waals surface area contributed by atoms with Gasteiger partial charge in [0.15, 0.2) is 0 Å². The van der Waals surface area contributed by atoms with Gasteiger partial charge in [0.1, 0.15) is 17.6 Å². The number of ether oxygens (including phenoxy) is 1. The quantitative estimate of drug-likeness (QED) is 0.676. The maximum absolute atomic E-state index is 12.9. The molecule has 2 aromatic rings. The molecular weight excluding hydrogens is 388 g/mol. The molecule has 162 valence electrons. The van der Waals surface area contributed by atoms with Crippen LogP contribution in [0.5, 0.6) is 0 Å². The van der Waals surface area contributed by atoms with Gasteiger partial charge in [0.2, 0.25) is 0 Å². The Balaban J connectivity index is 1.50. The highest BCUT2D eigenvalue weighted by atomic mass is 16.5. The van der Waals surface area contributed by atoms with E-state index in [0.29, 0.717) is 57.1 Å². The number of piperazine rings is 1. The summed E-state index contributed by atoms with van der Waals surface area (Å²) in [7, 11) is 0. The van der Waals surface area contributed by atoms with E-state index in [1.54, 1.807) is 13.2 Å². The van der Waals surface area contributed by atoms with Crippen molar-refractivity contribution in [3.8, 4) is 0 Å². The van der Waals surface area contributed by atoms with Crippen LogP contribution in [0.25, 0.3) is 0 Å². The Morgan fingerprint density at radius 3 is 2.80 bits per heavy atom. The summed E-state index contributed by atoms with van der Waals surface area (Å²) in [5, 5.41) is 3.83. The first-order chi connectivity index (χ1) is 14.5. The molecule has 0 saturated carbocycles. The molecule has 9 heteroatoms. The number of hydrogen-bond acceptors (Lipinski definition) is 8. The average molecular weight is 416 g/mol. The number of aryl methyl sites for hydroxylation is 1. The van der Waals surface area contributed by atoms with E-state index in [9.17, 15) is 9.59 Å². The van der Waals surface area contributed by atoms with Crippen LogP contribution in [0.15, 0.2) is 33.6 Å². The second kappa shape index (κ2) is 9.01. The standard InChI is InChI=1S/C21H28N4O5/c1-3-28-21(27)16-9-23(13-18-5-4-8-29-18)11-17-12-25(7-6-24(17)10-16)20(26)19-14-30-22-15(19)2/h4-5,8,14,16-17H,3,6-7,9-13H2,1-2H3/t16-,17-/m0/s1. The summed E-state index contributed by atoms with van der Waals surface area (Å²) in [5.74, 6) is 0.403. The number of esters is 1. The van der Waals surface area contributed by atoms with Crippen LogP contribution in [0.4, 0.5) is 0 Å². The molecule has 2 aliphatic rings. The van der Waals surface area contributed by atoms with Crippen molar-refractivity contribution in [2.75, 3.05) is 45.9 Å². The van der Waals surface area contributed by atoms with E-state index < -0.39 is 0 Å². The molecule has 0 N–H and O–H groups in total. The van der Waals surface area contributed by atoms with Crippen molar-refractivity contribution >= 4 is 11.9 Å². The van der Waals surface area contributed by atoms with Crippen LogP contribution >= 0.6 is 0 Å². The molecule has 4 heterocycles. The number of aromatic nitrogens is 1. The van der Waals surface area contributed by atoms with Crippen molar-refractivity contribution in [1.82, 2.24) is 19.9 Å². The van der Waals surface area contributed by atoms with Crippen molar-refractivity contribution in [1.29, 1.82) is 0 Å². The molecule has 0 aliphatic carbocycles. The molecule has 2 aromatic heterocycles. The van der Waals surface area contributed by atoms with Gasteiger partial charge >= 0.3 is 5.97 Å². The fourth-order valence-corrected chi connectivity index (χ4v) is 4.35. The molecule has 30 heavy (non-hydrogen) atoms. The predicted molar refractivity (Wildman–Crippen MR) is 107 cm³/mol. The smallest absolute Gasteiger partial charge is 0.311 e. The molecule has 0 unspecified atom stereocenters. The average Bonchev–Trinajstić information content (AvgIpc) is 3.35. The minimum atomic E-state index is -0.229. The van der Waals surface area contributed by atoms with E-state index in [0.717, 1.165) is 12.3 Å². The third-order valence-corrected chi connectivity index (χ3v) is 5.85. The highest BCUT2D eigenvalue weighted by molar-refractivity contribution is 5.94. The summed E-state index contributed by atoms with van der Waals surface area (Å²) in [4.78, 5) is 31.9. The summed E-state index contributed by atoms with van der Waals surface area (Å²) in [6.07, 6.45) is 3.07. The molecule has 2 fully saturated rings. The molecule has 9 nitrogen and oxygen atoms in total. The van der Waals surface area contributed by atoms with Crippen molar-refractivity contribution < 1.29 is 23.3 Å². The third-order valence-electron chi connectivity index (χ3n) is 5.85. The van der Waals surface area contributed by atoms with Gasteiger partial charge in [-0.2, -0.15) is 0 Å². The van der Waals surface area contributed by atoms with Crippen molar-refractivity contribution in [3.63, 3.8) is 0 Å². The topological polar surface area (TPSA) is 92.3 Å². The monoisotopic (exact) mass is 416 g/mol. The van der Waals surface area contributed by atoms with Crippen LogP contribution in [-0.4, -0.2) is 83.7 Å². The largest absolute Gasteiger partial charge is 0.468 e. The zero-order valence-corrected chi connectivity index (χ0v) is 17.5. The summed E-state index contributed by atoms with van der Waals surface area (Å²) >= 11 is 0. The minimum absolute atomic E-state index is 0.0582. The highest BCUT2D eigenvalue weighted by Crippen LogP contribution is 2.23. The van der Waals surface area contributed by atoms with Crippen LogP contribution in [0.1, 0.15) is 28.7 Å². The molecule has 4 rings (SSSR count). The van der Waals surface area contributed by atoms with Crippen molar-refractivity contribution in [2.45, 2.75) is 26.4 Å². The fourth-order valence-electron chi connectivity index (χ4n) is 4.35. The van der Waals surface area contributed by atoms with Gasteiger partial charge in [-0.3, -0.25) is 19.4 Å². The maximum Gasteiger partial charge on any atom is 0.311 e. The number of fused-ring (bicyclic) bond motifs is 1. The first-order valence-corrected chi connectivity index (χ1v) is 10.4. The predicted octanol–water partition coefficient (Wildman–Crippen LogP) is 1.40. The lowest BCUT2D eigenvalue weighted by atomic mass is 10.1. The van der Waals surface area contributed by atoms with Gasteiger partial charge < -0.3 is 18.6 Å². The first kappa shape index (κ1) is 20.6. The second-order valence-corrected chi connectivity index (χ2v) is 7.94. The van der Waals surface area contributed by atoms with Gasteiger partial charge in [-0.25, -0.2) is 0 Å².